The molecule has 1 aromatic rings. The monoisotopic (exact) mass is 361 g/mol. The lowest BCUT2D eigenvalue weighted by atomic mass is 9.49. The smallest absolute Gasteiger partial charge is 0.174 e. The number of aliphatic hydroxyl groups is 1. The summed E-state index contributed by atoms with van der Waals surface area (Å²) in [5, 5.41) is 12.0. The molecule has 1 aromatic carbocycles. The molecule has 1 spiro atoms. The number of hydrogen-bond acceptors (Lipinski definition) is 4. The Bertz CT molecular complexity index is 763. The Hall–Kier alpha value is -1.10. The molecule has 1 N–H and O–H groups in total. The van der Waals surface area contributed by atoms with Crippen molar-refractivity contribution in [2.45, 2.75) is 61.7 Å². The van der Waals surface area contributed by atoms with Crippen LogP contribution in [0.2, 0.25) is 0 Å². The number of carbonyl (C=O) groups is 1. The number of likely N-dealkylation sites (tertiary alicyclic amines) is 1. The number of Topliss-reactive ketones (excluding diaryl/α,β-unsaturated/α-hetero) is 1. The summed E-state index contributed by atoms with van der Waals surface area (Å²) in [5.41, 5.74) is 1.13. The number of rotatable bonds is 2. The van der Waals surface area contributed by atoms with Crippen molar-refractivity contribution < 1.29 is 14.6 Å². The fourth-order valence-corrected chi connectivity index (χ4v) is 6.23. The van der Waals surface area contributed by atoms with E-state index in [0.29, 0.717) is 12.8 Å². The summed E-state index contributed by atoms with van der Waals surface area (Å²) in [6.07, 6.45) is 4.95. The van der Waals surface area contributed by atoms with Crippen LogP contribution in [-0.4, -0.2) is 46.6 Å². The molecule has 5 aliphatic rings. The van der Waals surface area contributed by atoms with Crippen molar-refractivity contribution in [3.05, 3.63) is 29.3 Å². The minimum Gasteiger partial charge on any atom is -0.481 e. The van der Waals surface area contributed by atoms with E-state index in [2.05, 4.69) is 11.0 Å². The second-order valence-electron chi connectivity index (χ2n) is 8.56. The first-order chi connectivity index (χ1) is 11.6. The molecule has 2 aliphatic heterocycles. The molecule has 25 heavy (non-hydrogen) atoms. The van der Waals surface area contributed by atoms with E-state index in [9.17, 15) is 9.90 Å². The quantitative estimate of drug-likeness (QED) is 0.877. The lowest BCUT2D eigenvalue weighted by Gasteiger charge is -2.62. The van der Waals surface area contributed by atoms with Crippen molar-refractivity contribution in [3.63, 3.8) is 0 Å². The minimum absolute atomic E-state index is 0. The number of piperidine rings is 1. The molecule has 0 radical (unpaired) electrons. The summed E-state index contributed by atoms with van der Waals surface area (Å²) in [5.74, 6) is 1.84. The van der Waals surface area contributed by atoms with Crippen molar-refractivity contribution in [1.29, 1.82) is 0 Å². The van der Waals surface area contributed by atoms with Crippen LogP contribution in [0.4, 0.5) is 0 Å². The minimum atomic E-state index is -0.821. The SMILES string of the molecule is Cl.O=C1CC[C@@]2(O)[C@H]3Cc4cccc5c4[C@@]2(CCN3CC2CC2)[C@H]1O5. The third kappa shape index (κ3) is 1.78. The highest BCUT2D eigenvalue weighted by molar-refractivity contribution is 5.89. The standard InChI is InChI=1S/C20H23NO3.ClH/c22-14-6-7-20(23)16-10-13-2-1-3-15-17(13)19(20,18(14)24-15)8-9-21(16)11-12-4-5-12;/h1-3,12,16,18,23H,4-11H2;1H/t16-,18+,19+,20-;/m1./s1. The average molecular weight is 362 g/mol. The summed E-state index contributed by atoms with van der Waals surface area (Å²) in [6, 6.07) is 6.33. The highest BCUT2D eigenvalue weighted by atomic mass is 35.5. The van der Waals surface area contributed by atoms with E-state index in [1.165, 1.54) is 18.4 Å². The van der Waals surface area contributed by atoms with Crippen LogP contribution in [0.3, 0.4) is 0 Å². The van der Waals surface area contributed by atoms with Crippen LogP contribution in [0.15, 0.2) is 18.2 Å². The molecule has 3 fully saturated rings. The van der Waals surface area contributed by atoms with E-state index in [4.69, 9.17) is 4.74 Å². The van der Waals surface area contributed by atoms with Gasteiger partial charge in [0.15, 0.2) is 11.9 Å². The van der Waals surface area contributed by atoms with Crippen LogP contribution >= 0.6 is 12.4 Å². The van der Waals surface area contributed by atoms with E-state index in [1.807, 2.05) is 12.1 Å². The lowest BCUT2D eigenvalue weighted by Crippen LogP contribution is -2.76. The van der Waals surface area contributed by atoms with Gasteiger partial charge in [-0.15, -0.1) is 12.4 Å². The van der Waals surface area contributed by atoms with Crippen molar-refractivity contribution >= 4 is 18.2 Å². The van der Waals surface area contributed by atoms with Gasteiger partial charge >= 0.3 is 0 Å². The van der Waals surface area contributed by atoms with Crippen LogP contribution in [0.5, 0.6) is 5.75 Å². The van der Waals surface area contributed by atoms with Crippen LogP contribution in [0.1, 0.15) is 43.2 Å². The summed E-state index contributed by atoms with van der Waals surface area (Å²) in [6.45, 7) is 2.09. The molecule has 5 heteroatoms. The summed E-state index contributed by atoms with van der Waals surface area (Å²) in [4.78, 5) is 15.2. The lowest BCUT2D eigenvalue weighted by molar-refractivity contribution is -0.188. The topological polar surface area (TPSA) is 49.8 Å². The Morgan fingerprint density at radius 2 is 2.12 bits per heavy atom. The Morgan fingerprint density at radius 1 is 1.28 bits per heavy atom. The number of ether oxygens (including phenoxy) is 1. The largest absolute Gasteiger partial charge is 0.481 e. The number of ketones is 1. The predicted octanol–water partition coefficient (Wildman–Crippen LogP) is 2.24. The highest BCUT2D eigenvalue weighted by Crippen LogP contribution is 2.63. The fourth-order valence-electron chi connectivity index (χ4n) is 6.23. The van der Waals surface area contributed by atoms with E-state index in [-0.39, 0.29) is 24.2 Å². The van der Waals surface area contributed by atoms with Crippen LogP contribution in [0, 0.1) is 5.92 Å². The van der Waals surface area contributed by atoms with Gasteiger partial charge in [-0.25, -0.2) is 0 Å². The van der Waals surface area contributed by atoms with Crippen molar-refractivity contribution in [3.8, 4) is 5.75 Å². The van der Waals surface area contributed by atoms with Crippen molar-refractivity contribution in [2.75, 3.05) is 13.1 Å². The maximum Gasteiger partial charge on any atom is 0.174 e. The van der Waals surface area contributed by atoms with Gasteiger partial charge in [-0.3, -0.25) is 9.69 Å². The van der Waals surface area contributed by atoms with Gasteiger partial charge in [0.25, 0.3) is 0 Å². The third-order valence-corrected chi connectivity index (χ3v) is 7.46. The molecule has 6 rings (SSSR count). The maximum atomic E-state index is 12.7. The van der Waals surface area contributed by atoms with Gasteiger partial charge in [-0.2, -0.15) is 0 Å². The summed E-state index contributed by atoms with van der Waals surface area (Å²) >= 11 is 0. The zero-order valence-electron chi connectivity index (χ0n) is 14.2. The normalized spacial score (nSPS) is 40.9. The molecular weight excluding hydrogens is 338 g/mol. The van der Waals surface area contributed by atoms with Gasteiger partial charge in [-0.1, -0.05) is 12.1 Å². The third-order valence-electron chi connectivity index (χ3n) is 7.46. The van der Waals surface area contributed by atoms with Crippen LogP contribution in [0.25, 0.3) is 0 Å². The maximum absolute atomic E-state index is 12.7. The first-order valence-corrected chi connectivity index (χ1v) is 9.42. The van der Waals surface area contributed by atoms with E-state index >= 15 is 0 Å². The van der Waals surface area contributed by atoms with Gasteiger partial charge in [0.2, 0.25) is 0 Å². The first kappa shape index (κ1) is 16.1. The fraction of sp³-hybridized carbons (Fsp3) is 0.650. The highest BCUT2D eigenvalue weighted by Gasteiger charge is 2.72. The van der Waals surface area contributed by atoms with Gasteiger partial charge in [0.05, 0.1) is 11.0 Å². The van der Waals surface area contributed by atoms with E-state index < -0.39 is 17.1 Å². The molecular formula is C20H24ClNO3. The predicted molar refractivity (Wildman–Crippen MR) is 95.4 cm³/mol. The molecule has 1 saturated heterocycles. The number of benzene rings is 1. The number of carbonyl (C=O) groups excluding carboxylic acids is 1. The Labute approximate surface area is 153 Å². The van der Waals surface area contributed by atoms with Crippen molar-refractivity contribution in [1.82, 2.24) is 4.90 Å². The number of nitrogens with zero attached hydrogens (tertiary/aromatic N) is 1. The molecule has 3 aliphatic carbocycles. The molecule has 2 heterocycles. The van der Waals surface area contributed by atoms with Gasteiger partial charge in [-0.05, 0) is 56.2 Å². The Morgan fingerprint density at radius 3 is 2.92 bits per heavy atom. The van der Waals surface area contributed by atoms with Gasteiger partial charge in [0, 0.05) is 24.6 Å². The summed E-state index contributed by atoms with van der Waals surface area (Å²) in [7, 11) is 0. The second-order valence-corrected chi connectivity index (χ2v) is 8.56. The molecule has 4 atom stereocenters. The van der Waals surface area contributed by atoms with Gasteiger partial charge in [0.1, 0.15) is 5.75 Å². The molecule has 2 bridgehead atoms. The van der Waals surface area contributed by atoms with Crippen LogP contribution < -0.4 is 4.74 Å². The molecule has 134 valence electrons. The number of hydrogen-bond donors (Lipinski definition) is 1. The van der Waals surface area contributed by atoms with E-state index in [1.54, 1.807) is 0 Å². The molecule has 0 amide bonds. The van der Waals surface area contributed by atoms with Crippen LogP contribution in [-0.2, 0) is 16.6 Å². The Balaban J connectivity index is 0.00000140. The summed E-state index contributed by atoms with van der Waals surface area (Å²) < 4.78 is 6.16. The molecule has 0 unspecified atom stereocenters. The average Bonchev–Trinajstić information content (AvgIpc) is 3.31. The number of halogens is 1. The second kappa shape index (κ2) is 4.99. The van der Waals surface area contributed by atoms with Gasteiger partial charge < -0.3 is 9.84 Å². The first-order valence-electron chi connectivity index (χ1n) is 9.42. The molecule has 2 saturated carbocycles. The molecule has 4 nitrogen and oxygen atoms in total. The zero-order chi connectivity index (χ0) is 16.1. The van der Waals surface area contributed by atoms with E-state index in [0.717, 1.165) is 43.2 Å². The van der Waals surface area contributed by atoms with Crippen molar-refractivity contribution in [2.24, 2.45) is 5.92 Å². The zero-order valence-corrected chi connectivity index (χ0v) is 15.1. The molecule has 0 aromatic heterocycles. The Kier molecular flexibility index (Phi) is 3.22.